The van der Waals surface area contributed by atoms with Gasteiger partial charge in [0.1, 0.15) is 0 Å². The number of carbonyl (C=O) groups is 1. The minimum Gasteiger partial charge on any atom is -0.313 e. The van der Waals surface area contributed by atoms with Crippen LogP contribution in [-0.4, -0.2) is 18.4 Å². The van der Waals surface area contributed by atoms with Gasteiger partial charge in [-0.1, -0.05) is 5.57 Å². The SMILES string of the molecule is C[C@H]1NCCC2=CC(=O)CC[C@@H]21. The molecule has 66 valence electrons. The van der Waals surface area contributed by atoms with E-state index in [0.717, 1.165) is 25.8 Å². The lowest BCUT2D eigenvalue weighted by Gasteiger charge is -2.34. The van der Waals surface area contributed by atoms with Crippen molar-refractivity contribution in [3.05, 3.63) is 11.6 Å². The summed E-state index contributed by atoms with van der Waals surface area (Å²) in [6.07, 6.45) is 4.76. The van der Waals surface area contributed by atoms with Crippen molar-refractivity contribution in [2.24, 2.45) is 5.92 Å². The fourth-order valence-electron chi connectivity index (χ4n) is 2.28. The van der Waals surface area contributed by atoms with E-state index >= 15 is 0 Å². The summed E-state index contributed by atoms with van der Waals surface area (Å²) in [5.74, 6) is 0.965. The highest BCUT2D eigenvalue weighted by molar-refractivity contribution is 5.91. The molecule has 1 fully saturated rings. The van der Waals surface area contributed by atoms with Gasteiger partial charge in [-0.2, -0.15) is 0 Å². The minimum atomic E-state index is 0.329. The standard InChI is InChI=1S/C10H15NO/c1-7-10-3-2-9(12)6-8(10)4-5-11-7/h6-7,10-11H,2-5H2,1H3/t7-,10-/m1/s1. The van der Waals surface area contributed by atoms with Crippen molar-refractivity contribution in [3.8, 4) is 0 Å². The molecule has 0 aromatic rings. The van der Waals surface area contributed by atoms with E-state index in [9.17, 15) is 4.79 Å². The molecule has 0 bridgehead atoms. The molecule has 1 saturated heterocycles. The second-order valence-electron chi connectivity index (χ2n) is 3.82. The summed E-state index contributed by atoms with van der Waals surface area (Å²) in [6.45, 7) is 3.25. The summed E-state index contributed by atoms with van der Waals surface area (Å²) in [4.78, 5) is 11.1. The van der Waals surface area contributed by atoms with Crippen LogP contribution in [0, 0.1) is 5.92 Å². The average Bonchev–Trinajstić information content (AvgIpc) is 2.04. The first-order chi connectivity index (χ1) is 5.77. The number of carbonyl (C=O) groups excluding carboxylic acids is 1. The summed E-state index contributed by atoms with van der Waals surface area (Å²) < 4.78 is 0. The predicted molar refractivity (Wildman–Crippen MR) is 47.9 cm³/mol. The lowest BCUT2D eigenvalue weighted by Crippen LogP contribution is -2.41. The second kappa shape index (κ2) is 3.02. The molecule has 1 aliphatic heterocycles. The van der Waals surface area contributed by atoms with Gasteiger partial charge in [-0.3, -0.25) is 4.79 Å². The summed E-state index contributed by atoms with van der Waals surface area (Å²) in [7, 11) is 0. The van der Waals surface area contributed by atoms with Gasteiger partial charge >= 0.3 is 0 Å². The summed E-state index contributed by atoms with van der Waals surface area (Å²) in [5.41, 5.74) is 1.39. The lowest BCUT2D eigenvalue weighted by atomic mass is 9.79. The van der Waals surface area contributed by atoms with Crippen molar-refractivity contribution in [2.45, 2.75) is 32.2 Å². The molecule has 2 aliphatic rings. The normalized spacial score (nSPS) is 35.8. The molecular formula is C10H15NO. The number of piperidine rings is 1. The number of nitrogens with one attached hydrogen (secondary N) is 1. The Morgan fingerprint density at radius 3 is 3.17 bits per heavy atom. The topological polar surface area (TPSA) is 29.1 Å². The Morgan fingerprint density at radius 2 is 2.33 bits per heavy atom. The third kappa shape index (κ3) is 1.31. The maximum Gasteiger partial charge on any atom is 0.155 e. The maximum absolute atomic E-state index is 11.1. The Morgan fingerprint density at radius 1 is 1.50 bits per heavy atom. The molecule has 1 aliphatic carbocycles. The van der Waals surface area contributed by atoms with Crippen LogP contribution in [0.15, 0.2) is 11.6 Å². The number of hydrogen-bond donors (Lipinski definition) is 1. The van der Waals surface area contributed by atoms with Crippen LogP contribution in [-0.2, 0) is 4.79 Å². The Kier molecular flexibility index (Phi) is 2.01. The highest BCUT2D eigenvalue weighted by Gasteiger charge is 2.28. The molecular weight excluding hydrogens is 150 g/mol. The zero-order valence-electron chi connectivity index (χ0n) is 7.47. The van der Waals surface area contributed by atoms with Crippen molar-refractivity contribution in [2.75, 3.05) is 6.54 Å². The van der Waals surface area contributed by atoms with Gasteiger partial charge in [0.15, 0.2) is 5.78 Å². The molecule has 12 heavy (non-hydrogen) atoms. The Balaban J connectivity index is 2.20. The first-order valence-corrected chi connectivity index (χ1v) is 4.74. The molecule has 0 spiro atoms. The van der Waals surface area contributed by atoms with Gasteiger partial charge in [-0.15, -0.1) is 0 Å². The third-order valence-corrected chi connectivity index (χ3v) is 3.01. The maximum atomic E-state index is 11.1. The van der Waals surface area contributed by atoms with Crippen LogP contribution in [0.3, 0.4) is 0 Å². The van der Waals surface area contributed by atoms with Crippen LogP contribution in [0.25, 0.3) is 0 Å². The van der Waals surface area contributed by atoms with E-state index in [1.165, 1.54) is 5.57 Å². The minimum absolute atomic E-state index is 0.329. The lowest BCUT2D eigenvalue weighted by molar-refractivity contribution is -0.115. The molecule has 0 radical (unpaired) electrons. The van der Waals surface area contributed by atoms with E-state index in [0.29, 0.717) is 17.7 Å². The predicted octanol–water partition coefficient (Wildman–Crippen LogP) is 1.27. The summed E-state index contributed by atoms with van der Waals surface area (Å²) >= 11 is 0. The number of rotatable bonds is 0. The quantitative estimate of drug-likeness (QED) is 0.585. The van der Waals surface area contributed by atoms with E-state index in [1.807, 2.05) is 6.08 Å². The zero-order chi connectivity index (χ0) is 8.55. The van der Waals surface area contributed by atoms with Crippen molar-refractivity contribution >= 4 is 5.78 Å². The second-order valence-corrected chi connectivity index (χ2v) is 3.82. The van der Waals surface area contributed by atoms with E-state index < -0.39 is 0 Å². The highest BCUT2D eigenvalue weighted by atomic mass is 16.1. The van der Waals surface area contributed by atoms with Crippen LogP contribution in [0.1, 0.15) is 26.2 Å². The van der Waals surface area contributed by atoms with Gasteiger partial charge in [0, 0.05) is 12.5 Å². The van der Waals surface area contributed by atoms with Crippen molar-refractivity contribution in [1.82, 2.24) is 5.32 Å². The number of fused-ring (bicyclic) bond motifs is 1. The number of hydrogen-bond acceptors (Lipinski definition) is 2. The summed E-state index contributed by atoms with van der Waals surface area (Å²) in [6, 6.07) is 0.568. The summed E-state index contributed by atoms with van der Waals surface area (Å²) in [5, 5.41) is 3.44. The smallest absolute Gasteiger partial charge is 0.155 e. The van der Waals surface area contributed by atoms with Crippen LogP contribution in [0.5, 0.6) is 0 Å². The fraction of sp³-hybridized carbons (Fsp3) is 0.700. The molecule has 2 heteroatoms. The van der Waals surface area contributed by atoms with Gasteiger partial charge in [-0.05, 0) is 38.3 Å². The molecule has 0 aromatic heterocycles. The molecule has 2 rings (SSSR count). The Hall–Kier alpha value is -0.630. The molecule has 0 unspecified atom stereocenters. The molecule has 1 heterocycles. The first-order valence-electron chi connectivity index (χ1n) is 4.74. The van der Waals surface area contributed by atoms with Gasteiger partial charge < -0.3 is 5.32 Å². The molecule has 1 N–H and O–H groups in total. The van der Waals surface area contributed by atoms with Gasteiger partial charge in [0.25, 0.3) is 0 Å². The van der Waals surface area contributed by atoms with Crippen LogP contribution >= 0.6 is 0 Å². The van der Waals surface area contributed by atoms with E-state index in [2.05, 4.69) is 12.2 Å². The average molecular weight is 165 g/mol. The van der Waals surface area contributed by atoms with Crippen LogP contribution in [0.4, 0.5) is 0 Å². The largest absolute Gasteiger partial charge is 0.313 e. The van der Waals surface area contributed by atoms with Crippen LogP contribution in [0.2, 0.25) is 0 Å². The molecule has 0 aromatic carbocycles. The molecule has 0 amide bonds. The fourth-order valence-corrected chi connectivity index (χ4v) is 2.28. The molecule has 2 nitrogen and oxygen atoms in total. The monoisotopic (exact) mass is 165 g/mol. The van der Waals surface area contributed by atoms with Crippen molar-refractivity contribution < 1.29 is 4.79 Å². The van der Waals surface area contributed by atoms with Gasteiger partial charge in [-0.25, -0.2) is 0 Å². The molecule has 0 saturated carbocycles. The third-order valence-electron chi connectivity index (χ3n) is 3.01. The number of ketones is 1. The van der Waals surface area contributed by atoms with Crippen molar-refractivity contribution in [3.63, 3.8) is 0 Å². The first kappa shape index (κ1) is 7.99. The highest BCUT2D eigenvalue weighted by Crippen LogP contribution is 2.30. The van der Waals surface area contributed by atoms with Crippen LogP contribution < -0.4 is 5.32 Å². The zero-order valence-corrected chi connectivity index (χ0v) is 7.47. The molecule has 2 atom stereocenters. The van der Waals surface area contributed by atoms with Gasteiger partial charge in [0.05, 0.1) is 0 Å². The van der Waals surface area contributed by atoms with E-state index in [4.69, 9.17) is 0 Å². The number of allylic oxidation sites excluding steroid dienone is 1. The Labute approximate surface area is 73.0 Å². The van der Waals surface area contributed by atoms with E-state index in [1.54, 1.807) is 0 Å². The van der Waals surface area contributed by atoms with Crippen molar-refractivity contribution in [1.29, 1.82) is 0 Å². The Bertz CT molecular complexity index is 232. The van der Waals surface area contributed by atoms with E-state index in [-0.39, 0.29) is 0 Å². The van der Waals surface area contributed by atoms with Gasteiger partial charge in [0.2, 0.25) is 0 Å².